The van der Waals surface area contributed by atoms with E-state index < -0.39 is 11.6 Å². The minimum absolute atomic E-state index is 0.0317. The molecule has 1 aromatic heterocycles. The number of aromatic nitrogens is 1. The quantitative estimate of drug-likeness (QED) is 0.867. The third-order valence-corrected chi connectivity index (χ3v) is 4.39. The molecule has 6 nitrogen and oxygen atoms in total. The molecule has 7 heteroatoms. The second kappa shape index (κ2) is 5.79. The summed E-state index contributed by atoms with van der Waals surface area (Å²) in [5.41, 5.74) is 0.120. The van der Waals surface area contributed by atoms with Gasteiger partial charge in [-0.1, -0.05) is 11.6 Å². The number of phenols is 1. The number of pyridine rings is 1. The molecule has 1 aromatic carbocycles. The second-order valence-electron chi connectivity index (χ2n) is 6.06. The van der Waals surface area contributed by atoms with Crippen LogP contribution in [-0.4, -0.2) is 32.5 Å². The van der Waals surface area contributed by atoms with Gasteiger partial charge < -0.3 is 10.0 Å². The Kier molecular flexibility index (Phi) is 3.93. The van der Waals surface area contributed by atoms with E-state index in [2.05, 4.69) is 4.98 Å². The monoisotopic (exact) mass is 345 g/mol. The van der Waals surface area contributed by atoms with E-state index in [4.69, 9.17) is 11.6 Å². The normalized spacial score (nSPS) is 16.8. The number of hydrogen-bond acceptors (Lipinski definition) is 4. The first-order valence-electron chi connectivity index (χ1n) is 7.36. The lowest BCUT2D eigenvalue weighted by Gasteiger charge is -2.27. The molecule has 2 aromatic rings. The highest BCUT2D eigenvalue weighted by Crippen LogP contribution is 2.37. The molecule has 1 aliphatic heterocycles. The molecule has 3 rings (SSSR count). The minimum Gasteiger partial charge on any atom is -0.508 e. The molecular formula is C17H16ClN3O3. The molecular weight excluding hydrogens is 330 g/mol. The van der Waals surface area contributed by atoms with Gasteiger partial charge in [0, 0.05) is 25.0 Å². The third kappa shape index (κ3) is 2.59. The molecule has 0 aliphatic carbocycles. The summed E-state index contributed by atoms with van der Waals surface area (Å²) in [5, 5.41) is 9.61. The molecule has 0 saturated carbocycles. The lowest BCUT2D eigenvalue weighted by molar-refractivity contribution is -0.123. The van der Waals surface area contributed by atoms with Gasteiger partial charge in [-0.2, -0.15) is 0 Å². The Bertz CT molecular complexity index is 808. The van der Waals surface area contributed by atoms with E-state index in [1.54, 1.807) is 38.4 Å². The van der Waals surface area contributed by atoms with Crippen molar-refractivity contribution in [1.82, 2.24) is 9.88 Å². The second-order valence-corrected chi connectivity index (χ2v) is 6.47. The van der Waals surface area contributed by atoms with Gasteiger partial charge in [0.25, 0.3) is 5.91 Å². The average molecular weight is 346 g/mol. The van der Waals surface area contributed by atoms with Crippen LogP contribution in [0.2, 0.25) is 5.02 Å². The molecule has 0 spiro atoms. The summed E-state index contributed by atoms with van der Waals surface area (Å²) in [6.07, 6.45) is 3.28. The zero-order chi connectivity index (χ0) is 17.5. The van der Waals surface area contributed by atoms with Crippen LogP contribution in [0, 0.1) is 0 Å². The largest absolute Gasteiger partial charge is 0.508 e. The molecule has 2 heterocycles. The van der Waals surface area contributed by atoms with E-state index in [1.807, 2.05) is 0 Å². The summed E-state index contributed by atoms with van der Waals surface area (Å²) >= 11 is 6.11. The summed E-state index contributed by atoms with van der Waals surface area (Å²) in [5.74, 6) is -0.398. The number of carbonyl (C=O) groups excluding carboxylic acids is 2. The predicted molar refractivity (Wildman–Crippen MR) is 89.9 cm³/mol. The maximum atomic E-state index is 12.9. The Morgan fingerprint density at radius 1 is 1.17 bits per heavy atom. The first-order valence-corrected chi connectivity index (χ1v) is 7.74. The molecule has 3 amide bonds. The van der Waals surface area contributed by atoms with Crippen LogP contribution in [0.5, 0.6) is 5.75 Å². The molecule has 1 fully saturated rings. The topological polar surface area (TPSA) is 73.7 Å². The van der Waals surface area contributed by atoms with Crippen molar-refractivity contribution in [3.05, 3.63) is 53.3 Å². The van der Waals surface area contributed by atoms with Gasteiger partial charge in [-0.3, -0.25) is 9.78 Å². The highest BCUT2D eigenvalue weighted by Gasteiger charge is 2.52. The van der Waals surface area contributed by atoms with Crippen LogP contribution in [-0.2, 0) is 11.3 Å². The molecule has 0 radical (unpaired) electrons. The van der Waals surface area contributed by atoms with Crippen LogP contribution < -0.4 is 4.90 Å². The van der Waals surface area contributed by atoms with Crippen LogP contribution in [0.3, 0.4) is 0 Å². The first-order chi connectivity index (χ1) is 11.3. The lowest BCUT2D eigenvalue weighted by atomic mass is 10.0. The molecule has 24 heavy (non-hydrogen) atoms. The summed E-state index contributed by atoms with van der Waals surface area (Å²) in [7, 11) is 0. The van der Waals surface area contributed by atoms with Gasteiger partial charge in [-0.05, 0) is 43.7 Å². The van der Waals surface area contributed by atoms with Crippen molar-refractivity contribution in [2.45, 2.75) is 25.9 Å². The van der Waals surface area contributed by atoms with Crippen molar-refractivity contribution < 1.29 is 14.7 Å². The number of phenolic OH excluding ortho intramolecular Hbond substituents is 1. The van der Waals surface area contributed by atoms with Crippen molar-refractivity contribution in [3.63, 3.8) is 0 Å². The number of aromatic hydroxyl groups is 1. The highest BCUT2D eigenvalue weighted by molar-refractivity contribution is 6.36. The third-order valence-electron chi connectivity index (χ3n) is 4.09. The number of imide groups is 1. The maximum absolute atomic E-state index is 12.9. The fraction of sp³-hybridized carbons (Fsp3) is 0.235. The Labute approximate surface area is 144 Å². The highest BCUT2D eigenvalue weighted by atomic mass is 35.5. The molecule has 1 N–H and O–H groups in total. The molecule has 0 bridgehead atoms. The number of urea groups is 1. The number of nitrogens with zero attached hydrogens (tertiary/aromatic N) is 3. The number of carbonyl (C=O) groups is 2. The lowest BCUT2D eigenvalue weighted by Crippen LogP contribution is -2.43. The van der Waals surface area contributed by atoms with Crippen LogP contribution in [0.4, 0.5) is 10.5 Å². The fourth-order valence-corrected chi connectivity index (χ4v) is 2.92. The van der Waals surface area contributed by atoms with Crippen LogP contribution in [0.15, 0.2) is 42.7 Å². The van der Waals surface area contributed by atoms with Crippen molar-refractivity contribution >= 4 is 29.2 Å². The molecule has 1 saturated heterocycles. The summed E-state index contributed by atoms with van der Waals surface area (Å²) in [4.78, 5) is 32.2. The van der Waals surface area contributed by atoms with E-state index in [1.165, 1.54) is 23.1 Å². The van der Waals surface area contributed by atoms with E-state index in [-0.39, 0.29) is 28.9 Å². The Morgan fingerprint density at radius 3 is 2.46 bits per heavy atom. The first kappa shape index (κ1) is 16.3. The Hall–Kier alpha value is -2.60. The minimum atomic E-state index is -1.01. The van der Waals surface area contributed by atoms with E-state index in [0.29, 0.717) is 0 Å². The van der Waals surface area contributed by atoms with Gasteiger partial charge in [-0.25, -0.2) is 9.69 Å². The molecule has 0 unspecified atom stereocenters. The number of amides is 3. The van der Waals surface area contributed by atoms with Crippen molar-refractivity contribution in [1.29, 1.82) is 0 Å². The Morgan fingerprint density at radius 2 is 1.83 bits per heavy atom. The number of halogens is 1. The van der Waals surface area contributed by atoms with E-state index in [9.17, 15) is 14.7 Å². The number of rotatable bonds is 3. The van der Waals surface area contributed by atoms with Gasteiger partial charge in [0.1, 0.15) is 11.3 Å². The average Bonchev–Trinajstić information content (AvgIpc) is 2.70. The summed E-state index contributed by atoms with van der Waals surface area (Å²) < 4.78 is 0. The van der Waals surface area contributed by atoms with Gasteiger partial charge in [0.2, 0.25) is 0 Å². The van der Waals surface area contributed by atoms with E-state index >= 15 is 0 Å². The van der Waals surface area contributed by atoms with Crippen LogP contribution >= 0.6 is 11.6 Å². The predicted octanol–water partition coefficient (Wildman–Crippen LogP) is 3.19. The maximum Gasteiger partial charge on any atom is 0.332 e. The van der Waals surface area contributed by atoms with Gasteiger partial charge in [0.05, 0.1) is 10.7 Å². The number of anilines is 1. The standard InChI is InChI=1S/C17H16ClN3O3/c1-17(2)15(23)21(14-4-3-12(22)9-13(14)18)16(24)20(17)10-11-5-7-19-8-6-11/h3-9,22H,10H2,1-2H3. The fourth-order valence-electron chi connectivity index (χ4n) is 2.66. The van der Waals surface area contributed by atoms with Crippen molar-refractivity contribution in [3.8, 4) is 5.75 Å². The zero-order valence-corrected chi connectivity index (χ0v) is 14.0. The SMILES string of the molecule is CC1(C)C(=O)N(c2ccc(O)cc2Cl)C(=O)N1Cc1ccncc1. The summed E-state index contributed by atoms with van der Waals surface area (Å²) in [6.45, 7) is 3.68. The summed E-state index contributed by atoms with van der Waals surface area (Å²) in [6, 6.07) is 7.29. The van der Waals surface area contributed by atoms with Crippen molar-refractivity contribution in [2.24, 2.45) is 0 Å². The van der Waals surface area contributed by atoms with Crippen molar-refractivity contribution in [2.75, 3.05) is 4.90 Å². The number of hydrogen-bond donors (Lipinski definition) is 1. The van der Waals surface area contributed by atoms with Crippen LogP contribution in [0.25, 0.3) is 0 Å². The molecule has 1 aliphatic rings. The van der Waals surface area contributed by atoms with Gasteiger partial charge >= 0.3 is 6.03 Å². The smallest absolute Gasteiger partial charge is 0.332 e. The Balaban J connectivity index is 1.99. The van der Waals surface area contributed by atoms with Gasteiger partial charge in [0.15, 0.2) is 0 Å². The number of benzene rings is 1. The zero-order valence-electron chi connectivity index (χ0n) is 13.2. The molecule has 0 atom stereocenters. The van der Waals surface area contributed by atoms with Crippen LogP contribution in [0.1, 0.15) is 19.4 Å². The van der Waals surface area contributed by atoms with E-state index in [0.717, 1.165) is 10.5 Å². The van der Waals surface area contributed by atoms with Gasteiger partial charge in [-0.15, -0.1) is 0 Å². The molecule has 124 valence electrons.